The second-order valence-corrected chi connectivity index (χ2v) is 8.05. The number of ether oxygens (including phenoxy) is 2. The lowest BCUT2D eigenvalue weighted by molar-refractivity contribution is -0.114. The van der Waals surface area contributed by atoms with Gasteiger partial charge in [0.2, 0.25) is 5.91 Å². The minimum absolute atomic E-state index is 0.134. The fraction of sp³-hybridized carbons (Fsp3) is 0.348. The summed E-state index contributed by atoms with van der Waals surface area (Å²) in [7, 11) is 1.64. The Bertz CT molecular complexity index is 1120. The molecule has 0 atom stereocenters. The molecule has 2 amide bonds. The van der Waals surface area contributed by atoms with Gasteiger partial charge in [-0.15, -0.1) is 0 Å². The van der Waals surface area contributed by atoms with Gasteiger partial charge in [-0.1, -0.05) is 24.7 Å². The summed E-state index contributed by atoms with van der Waals surface area (Å²) in [6, 6.07) is 12.7. The second kappa shape index (κ2) is 10.9. The molecule has 0 aliphatic heterocycles. The van der Waals surface area contributed by atoms with Crippen molar-refractivity contribution < 1.29 is 19.1 Å². The van der Waals surface area contributed by atoms with E-state index in [-0.39, 0.29) is 11.8 Å². The predicted molar refractivity (Wildman–Crippen MR) is 123 cm³/mol. The van der Waals surface area contributed by atoms with E-state index in [0.717, 1.165) is 28.8 Å². The maximum atomic E-state index is 12.8. The monoisotopic (exact) mass is 441 g/mol. The van der Waals surface area contributed by atoms with Crippen molar-refractivity contribution in [3.8, 4) is 5.75 Å². The Kier molecular flexibility index (Phi) is 7.97. The maximum absolute atomic E-state index is 12.8. The van der Waals surface area contributed by atoms with Crippen molar-refractivity contribution in [2.45, 2.75) is 33.2 Å². The van der Waals surface area contributed by atoms with Crippen LogP contribution in [0.25, 0.3) is 10.2 Å². The summed E-state index contributed by atoms with van der Waals surface area (Å²) in [5.41, 5.74) is 2.14. The van der Waals surface area contributed by atoms with Gasteiger partial charge in [-0.05, 0) is 48.9 Å². The van der Waals surface area contributed by atoms with Crippen LogP contribution < -0.4 is 14.9 Å². The van der Waals surface area contributed by atoms with E-state index in [0.29, 0.717) is 35.8 Å². The number of hydrogen-bond donors (Lipinski definition) is 1. The second-order valence-electron chi connectivity index (χ2n) is 7.04. The highest BCUT2D eigenvalue weighted by atomic mass is 32.1. The number of anilines is 1. The first-order valence-corrected chi connectivity index (χ1v) is 11.0. The Morgan fingerprint density at radius 1 is 1.13 bits per heavy atom. The van der Waals surface area contributed by atoms with Gasteiger partial charge in [0.05, 0.1) is 23.4 Å². The number of fused-ring (bicyclic) bond motifs is 1. The molecule has 164 valence electrons. The molecule has 31 heavy (non-hydrogen) atoms. The number of nitrogens with zero attached hydrogens (tertiary/aromatic N) is 2. The van der Waals surface area contributed by atoms with Crippen molar-refractivity contribution in [2.24, 2.45) is 4.99 Å². The molecule has 2 aromatic carbocycles. The van der Waals surface area contributed by atoms with Gasteiger partial charge in [-0.25, -0.2) is 0 Å². The standard InChI is InChI=1S/C23H27N3O4S/c1-4-5-13-30-19-9-6-17(7-10-19)22(28)25-23-26(12-14-29-3)20-11-8-18(24-16(2)27)15-21(20)31-23/h6-11,15H,4-5,12-14H2,1-3H3,(H,24,27). The lowest BCUT2D eigenvalue weighted by Gasteiger charge is -2.06. The number of nitrogens with one attached hydrogen (secondary N) is 1. The van der Waals surface area contributed by atoms with E-state index >= 15 is 0 Å². The van der Waals surface area contributed by atoms with Crippen LogP contribution in [0.5, 0.6) is 5.75 Å². The number of unbranched alkanes of at least 4 members (excludes halogenated alkanes) is 1. The normalized spacial score (nSPS) is 11.6. The average molecular weight is 442 g/mol. The van der Waals surface area contributed by atoms with Gasteiger partial charge in [-0.2, -0.15) is 4.99 Å². The summed E-state index contributed by atoms with van der Waals surface area (Å²) >= 11 is 1.40. The number of methoxy groups -OCH3 is 1. The molecule has 0 bridgehead atoms. The molecule has 1 heterocycles. The number of aromatic nitrogens is 1. The van der Waals surface area contributed by atoms with Crippen molar-refractivity contribution in [3.63, 3.8) is 0 Å². The zero-order valence-corrected chi connectivity index (χ0v) is 18.8. The van der Waals surface area contributed by atoms with Gasteiger partial charge in [0.1, 0.15) is 5.75 Å². The van der Waals surface area contributed by atoms with Gasteiger partial charge < -0.3 is 19.4 Å². The molecule has 0 saturated carbocycles. The molecule has 8 heteroatoms. The summed E-state index contributed by atoms with van der Waals surface area (Å²) in [4.78, 5) is 29.1. The molecule has 1 aromatic heterocycles. The van der Waals surface area contributed by atoms with Crippen LogP contribution in [0.4, 0.5) is 5.69 Å². The van der Waals surface area contributed by atoms with E-state index in [2.05, 4.69) is 17.2 Å². The lowest BCUT2D eigenvalue weighted by Crippen LogP contribution is -2.19. The molecular weight excluding hydrogens is 414 g/mol. The third-order valence-corrected chi connectivity index (χ3v) is 5.63. The molecule has 3 aromatic rings. The predicted octanol–water partition coefficient (Wildman–Crippen LogP) is 4.23. The van der Waals surface area contributed by atoms with E-state index in [9.17, 15) is 9.59 Å². The summed E-state index contributed by atoms with van der Waals surface area (Å²) in [5.74, 6) is 0.290. The molecule has 1 N–H and O–H groups in total. The van der Waals surface area contributed by atoms with E-state index < -0.39 is 0 Å². The van der Waals surface area contributed by atoms with Gasteiger partial charge >= 0.3 is 0 Å². The number of hydrogen-bond acceptors (Lipinski definition) is 5. The minimum Gasteiger partial charge on any atom is -0.494 e. The van der Waals surface area contributed by atoms with E-state index in [1.54, 1.807) is 31.4 Å². The van der Waals surface area contributed by atoms with Crippen LogP contribution in [0.2, 0.25) is 0 Å². The van der Waals surface area contributed by atoms with Crippen LogP contribution >= 0.6 is 11.3 Å². The molecule has 0 saturated heterocycles. The number of rotatable bonds is 9. The minimum atomic E-state index is -0.320. The third-order valence-electron chi connectivity index (χ3n) is 4.59. The number of amides is 2. The quantitative estimate of drug-likeness (QED) is 0.504. The highest BCUT2D eigenvalue weighted by Crippen LogP contribution is 2.22. The average Bonchev–Trinajstić information content (AvgIpc) is 3.08. The molecule has 0 aliphatic rings. The molecule has 3 rings (SSSR count). The summed E-state index contributed by atoms with van der Waals surface area (Å²) < 4.78 is 13.8. The molecule has 7 nitrogen and oxygen atoms in total. The van der Waals surface area contributed by atoms with E-state index in [1.165, 1.54) is 18.3 Å². The Hall–Kier alpha value is -2.97. The fourth-order valence-corrected chi connectivity index (χ4v) is 4.11. The van der Waals surface area contributed by atoms with E-state index in [4.69, 9.17) is 9.47 Å². The number of thiazole rings is 1. The van der Waals surface area contributed by atoms with Crippen LogP contribution in [0, 0.1) is 0 Å². The number of carbonyl (C=O) groups excluding carboxylic acids is 2. The zero-order valence-electron chi connectivity index (χ0n) is 18.0. The Balaban J connectivity index is 1.91. The van der Waals surface area contributed by atoms with Crippen molar-refractivity contribution >= 4 is 39.1 Å². The van der Waals surface area contributed by atoms with Gasteiger partial charge in [0.15, 0.2) is 4.80 Å². The molecule has 0 radical (unpaired) electrons. The molecule has 0 spiro atoms. The van der Waals surface area contributed by atoms with Crippen LogP contribution in [-0.2, 0) is 16.1 Å². The Morgan fingerprint density at radius 2 is 1.90 bits per heavy atom. The summed E-state index contributed by atoms with van der Waals surface area (Å²) in [6.45, 7) is 5.30. The van der Waals surface area contributed by atoms with Crippen molar-refractivity contribution in [1.82, 2.24) is 4.57 Å². The lowest BCUT2D eigenvalue weighted by atomic mass is 10.2. The zero-order chi connectivity index (χ0) is 22.2. The summed E-state index contributed by atoms with van der Waals surface area (Å²) in [5, 5.41) is 2.78. The highest BCUT2D eigenvalue weighted by Gasteiger charge is 2.11. The van der Waals surface area contributed by atoms with Crippen LogP contribution in [0.1, 0.15) is 37.0 Å². The largest absolute Gasteiger partial charge is 0.494 e. The number of benzene rings is 2. The van der Waals surface area contributed by atoms with Gasteiger partial charge in [0.25, 0.3) is 5.91 Å². The first-order chi connectivity index (χ1) is 15.0. The smallest absolute Gasteiger partial charge is 0.279 e. The summed E-state index contributed by atoms with van der Waals surface area (Å²) in [6.07, 6.45) is 2.06. The third kappa shape index (κ3) is 6.02. The van der Waals surface area contributed by atoms with Crippen molar-refractivity contribution in [3.05, 3.63) is 52.8 Å². The number of carbonyl (C=O) groups is 2. The first kappa shape index (κ1) is 22.7. The highest BCUT2D eigenvalue weighted by molar-refractivity contribution is 7.16. The first-order valence-electron chi connectivity index (χ1n) is 10.2. The van der Waals surface area contributed by atoms with Crippen molar-refractivity contribution in [2.75, 3.05) is 25.6 Å². The maximum Gasteiger partial charge on any atom is 0.279 e. The molecule has 0 fully saturated rings. The molecular formula is C23H27N3O4S. The SMILES string of the molecule is CCCCOc1ccc(C(=O)N=c2sc3cc(NC(C)=O)ccc3n2CCOC)cc1. The van der Waals surface area contributed by atoms with Crippen molar-refractivity contribution in [1.29, 1.82) is 0 Å². The van der Waals surface area contributed by atoms with Crippen LogP contribution in [0.3, 0.4) is 0 Å². The van der Waals surface area contributed by atoms with Gasteiger partial charge in [0, 0.05) is 31.8 Å². The topological polar surface area (TPSA) is 81.9 Å². The Morgan fingerprint density at radius 3 is 2.58 bits per heavy atom. The van der Waals surface area contributed by atoms with Crippen LogP contribution in [0.15, 0.2) is 47.5 Å². The van der Waals surface area contributed by atoms with E-state index in [1.807, 2.05) is 22.8 Å². The fourth-order valence-electron chi connectivity index (χ4n) is 3.02. The Labute approximate surface area is 185 Å². The molecule has 0 unspecified atom stereocenters. The van der Waals surface area contributed by atoms with Crippen LogP contribution in [-0.4, -0.2) is 36.7 Å². The molecule has 0 aliphatic carbocycles. The van der Waals surface area contributed by atoms with Gasteiger partial charge in [-0.3, -0.25) is 9.59 Å².